The summed E-state index contributed by atoms with van der Waals surface area (Å²) in [4.78, 5) is 29.8. The van der Waals surface area contributed by atoms with Crippen LogP contribution in [-0.4, -0.2) is 37.3 Å². The number of carbonyl (C=O) groups excluding carboxylic acids is 2. The van der Waals surface area contributed by atoms with Crippen LogP contribution in [0, 0.1) is 0 Å². The van der Waals surface area contributed by atoms with Gasteiger partial charge in [0.1, 0.15) is 11.6 Å². The molecule has 2 rings (SSSR count). The minimum absolute atomic E-state index is 0.114. The lowest BCUT2D eigenvalue weighted by molar-refractivity contribution is -0.154. The van der Waals surface area contributed by atoms with Crippen LogP contribution in [0.2, 0.25) is 0 Å². The molecule has 6 nitrogen and oxygen atoms in total. The predicted octanol–water partition coefficient (Wildman–Crippen LogP) is 1.98. The molecule has 0 bridgehead atoms. The van der Waals surface area contributed by atoms with Crippen molar-refractivity contribution in [2.75, 3.05) is 20.3 Å². The molecule has 6 heteroatoms. The zero-order chi connectivity index (χ0) is 16.1. The quantitative estimate of drug-likeness (QED) is 0.775. The van der Waals surface area contributed by atoms with E-state index in [1.54, 1.807) is 20.9 Å². The predicted molar refractivity (Wildman–Crippen MR) is 78.3 cm³/mol. The number of hydrogen-bond donors (Lipinski definition) is 0. The van der Waals surface area contributed by atoms with Gasteiger partial charge in [-0.05, 0) is 19.4 Å². The highest BCUT2D eigenvalue weighted by Crippen LogP contribution is 2.37. The van der Waals surface area contributed by atoms with Crippen LogP contribution < -0.4 is 0 Å². The molecule has 1 unspecified atom stereocenters. The average molecular weight is 305 g/mol. The second-order valence-electron chi connectivity index (χ2n) is 4.63. The molecule has 0 aromatic heterocycles. The van der Waals surface area contributed by atoms with Gasteiger partial charge in [0.05, 0.1) is 13.2 Å². The van der Waals surface area contributed by atoms with Crippen LogP contribution in [0.3, 0.4) is 0 Å². The Balaban J connectivity index is 2.46. The van der Waals surface area contributed by atoms with E-state index < -0.39 is 18.0 Å². The van der Waals surface area contributed by atoms with Crippen molar-refractivity contribution >= 4 is 11.9 Å². The molecule has 1 atom stereocenters. The molecule has 0 saturated heterocycles. The molecule has 1 heterocycles. The summed E-state index contributed by atoms with van der Waals surface area (Å²) in [5, 5.41) is 1.45. The van der Waals surface area contributed by atoms with Gasteiger partial charge in [0.2, 0.25) is 5.76 Å². The van der Waals surface area contributed by atoms with E-state index in [4.69, 9.17) is 14.3 Å². The number of hydroxylamine groups is 2. The van der Waals surface area contributed by atoms with Crippen molar-refractivity contribution in [3.8, 4) is 0 Å². The van der Waals surface area contributed by atoms with Gasteiger partial charge >= 0.3 is 11.9 Å². The summed E-state index contributed by atoms with van der Waals surface area (Å²) in [5.74, 6) is -1.36. The van der Waals surface area contributed by atoms with Gasteiger partial charge in [-0.1, -0.05) is 30.3 Å². The van der Waals surface area contributed by atoms with Gasteiger partial charge in [0.15, 0.2) is 0 Å². The van der Waals surface area contributed by atoms with Gasteiger partial charge in [0, 0.05) is 7.05 Å². The molecule has 1 aliphatic heterocycles. The Morgan fingerprint density at radius 1 is 1.09 bits per heavy atom. The van der Waals surface area contributed by atoms with Gasteiger partial charge in [-0.3, -0.25) is 0 Å². The van der Waals surface area contributed by atoms with E-state index in [-0.39, 0.29) is 24.5 Å². The van der Waals surface area contributed by atoms with Crippen molar-refractivity contribution in [3.05, 3.63) is 47.2 Å². The maximum absolute atomic E-state index is 12.3. The smallest absolute Gasteiger partial charge is 0.376 e. The molecule has 0 radical (unpaired) electrons. The van der Waals surface area contributed by atoms with E-state index in [0.717, 1.165) is 5.56 Å². The normalized spacial score (nSPS) is 18.0. The average Bonchev–Trinajstić information content (AvgIpc) is 2.86. The van der Waals surface area contributed by atoms with Crippen LogP contribution in [0.5, 0.6) is 0 Å². The number of likely N-dealkylation sites (N-methyl/N-ethyl adjacent to an activating group) is 1. The van der Waals surface area contributed by atoms with Crippen LogP contribution in [0.15, 0.2) is 41.7 Å². The first-order valence-corrected chi connectivity index (χ1v) is 7.14. The highest BCUT2D eigenvalue weighted by atomic mass is 16.7. The van der Waals surface area contributed by atoms with Crippen molar-refractivity contribution in [2.45, 2.75) is 19.9 Å². The molecule has 0 N–H and O–H groups in total. The Kier molecular flexibility index (Phi) is 5.16. The Bertz CT molecular complexity index is 581. The monoisotopic (exact) mass is 305 g/mol. The van der Waals surface area contributed by atoms with Crippen LogP contribution in [0.1, 0.15) is 25.5 Å². The fraction of sp³-hybridized carbons (Fsp3) is 0.375. The van der Waals surface area contributed by atoms with Crippen LogP contribution in [-0.2, 0) is 23.9 Å². The zero-order valence-electron chi connectivity index (χ0n) is 12.9. The third-order valence-electron chi connectivity index (χ3n) is 3.19. The highest BCUT2D eigenvalue weighted by molar-refractivity contribution is 6.00. The molecule has 1 aliphatic rings. The summed E-state index contributed by atoms with van der Waals surface area (Å²) in [5.41, 5.74) is 0.987. The third kappa shape index (κ3) is 3.12. The number of rotatable bonds is 5. The summed E-state index contributed by atoms with van der Waals surface area (Å²) in [7, 11) is 1.66. The Labute approximate surface area is 129 Å². The SMILES string of the molecule is CCOC(=O)C1=C(C(=O)OCC)C(c2ccccc2)N(C)O1. The first-order chi connectivity index (χ1) is 10.6. The maximum Gasteiger partial charge on any atom is 0.376 e. The molecule has 0 aliphatic carbocycles. The Morgan fingerprint density at radius 3 is 2.27 bits per heavy atom. The first kappa shape index (κ1) is 16.0. The molecule has 22 heavy (non-hydrogen) atoms. The zero-order valence-corrected chi connectivity index (χ0v) is 12.9. The molecule has 0 fully saturated rings. The second kappa shape index (κ2) is 7.09. The number of benzene rings is 1. The molecule has 118 valence electrons. The Hall–Kier alpha value is -2.34. The maximum atomic E-state index is 12.3. The first-order valence-electron chi connectivity index (χ1n) is 7.14. The Morgan fingerprint density at radius 2 is 1.68 bits per heavy atom. The summed E-state index contributed by atoms with van der Waals surface area (Å²) in [6.07, 6.45) is 0. The highest BCUT2D eigenvalue weighted by Gasteiger charge is 2.42. The van der Waals surface area contributed by atoms with Crippen LogP contribution in [0.25, 0.3) is 0 Å². The number of hydrogen-bond acceptors (Lipinski definition) is 6. The van der Waals surface area contributed by atoms with Gasteiger partial charge < -0.3 is 14.3 Å². The number of nitrogens with zero attached hydrogens (tertiary/aromatic N) is 1. The van der Waals surface area contributed by atoms with Crippen molar-refractivity contribution in [3.63, 3.8) is 0 Å². The van der Waals surface area contributed by atoms with Gasteiger partial charge in [0.25, 0.3) is 0 Å². The van der Waals surface area contributed by atoms with E-state index in [1.165, 1.54) is 5.06 Å². The van der Waals surface area contributed by atoms with Gasteiger partial charge in [-0.2, -0.15) is 0 Å². The van der Waals surface area contributed by atoms with Crippen molar-refractivity contribution in [1.29, 1.82) is 0 Å². The van der Waals surface area contributed by atoms with Crippen molar-refractivity contribution < 1.29 is 23.9 Å². The summed E-state index contributed by atoms with van der Waals surface area (Å²) in [6, 6.07) is 8.79. The van der Waals surface area contributed by atoms with Crippen molar-refractivity contribution in [1.82, 2.24) is 5.06 Å². The molecular formula is C16H19NO5. The third-order valence-corrected chi connectivity index (χ3v) is 3.19. The number of carbonyl (C=O) groups is 2. The summed E-state index contributed by atoms with van der Waals surface area (Å²) >= 11 is 0. The lowest BCUT2D eigenvalue weighted by atomic mass is 9.98. The lowest BCUT2D eigenvalue weighted by Crippen LogP contribution is -2.22. The molecule has 0 saturated carbocycles. The fourth-order valence-electron chi connectivity index (χ4n) is 2.32. The molecule has 0 spiro atoms. The van der Waals surface area contributed by atoms with Gasteiger partial charge in [-0.25, -0.2) is 9.59 Å². The molecule has 1 aromatic rings. The largest absolute Gasteiger partial charge is 0.462 e. The van der Waals surface area contributed by atoms with Crippen LogP contribution in [0.4, 0.5) is 0 Å². The van der Waals surface area contributed by atoms with Crippen LogP contribution >= 0.6 is 0 Å². The minimum Gasteiger partial charge on any atom is -0.462 e. The van der Waals surface area contributed by atoms with E-state index in [1.807, 2.05) is 30.3 Å². The molecule has 0 amide bonds. The van der Waals surface area contributed by atoms with Gasteiger partial charge in [-0.15, -0.1) is 5.06 Å². The summed E-state index contributed by atoms with van der Waals surface area (Å²) in [6.45, 7) is 3.81. The topological polar surface area (TPSA) is 65.1 Å². The second-order valence-corrected chi connectivity index (χ2v) is 4.63. The van der Waals surface area contributed by atoms with E-state index in [9.17, 15) is 9.59 Å². The summed E-state index contributed by atoms with van der Waals surface area (Å²) < 4.78 is 10.0. The van der Waals surface area contributed by atoms with E-state index in [2.05, 4.69) is 0 Å². The number of ether oxygens (including phenoxy) is 2. The minimum atomic E-state index is -0.671. The standard InChI is InChI=1S/C16H19NO5/c1-4-20-15(18)12-13(11-9-7-6-8-10-11)17(3)22-14(12)16(19)21-5-2/h6-10,13H,4-5H2,1-3H3. The molecule has 1 aromatic carbocycles. The molecular weight excluding hydrogens is 286 g/mol. The van der Waals surface area contributed by atoms with E-state index >= 15 is 0 Å². The number of esters is 2. The fourth-order valence-corrected chi connectivity index (χ4v) is 2.32. The van der Waals surface area contributed by atoms with E-state index in [0.29, 0.717) is 0 Å². The lowest BCUT2D eigenvalue weighted by Gasteiger charge is -2.19. The van der Waals surface area contributed by atoms with Crippen molar-refractivity contribution in [2.24, 2.45) is 0 Å².